The van der Waals surface area contributed by atoms with Crippen molar-refractivity contribution in [2.75, 3.05) is 6.54 Å². The van der Waals surface area contributed by atoms with E-state index in [0.29, 0.717) is 24.7 Å². The summed E-state index contributed by atoms with van der Waals surface area (Å²) < 4.78 is 5.20. The Balaban J connectivity index is 1.92. The van der Waals surface area contributed by atoms with Gasteiger partial charge in [0.2, 0.25) is 17.6 Å². The van der Waals surface area contributed by atoms with Gasteiger partial charge in [0.1, 0.15) is 0 Å². The zero-order valence-electron chi connectivity index (χ0n) is 12.9. The van der Waals surface area contributed by atoms with Crippen LogP contribution in [0, 0.1) is 12.3 Å². The lowest BCUT2D eigenvalue weighted by Gasteiger charge is -2.16. The molecule has 0 atom stereocenters. The number of carbonyl (C=O) groups excluding carboxylic acids is 1. The van der Waals surface area contributed by atoms with Gasteiger partial charge in [0.25, 0.3) is 0 Å². The number of benzene rings is 1. The summed E-state index contributed by atoms with van der Waals surface area (Å²) in [6.45, 7) is 8.16. The summed E-state index contributed by atoms with van der Waals surface area (Å²) in [6, 6.07) is 7.94. The molecule has 0 spiro atoms. The highest BCUT2D eigenvalue weighted by Gasteiger charge is 2.20. The minimum atomic E-state index is -0.387. The van der Waals surface area contributed by atoms with Gasteiger partial charge in [0.05, 0.1) is 0 Å². The van der Waals surface area contributed by atoms with Gasteiger partial charge in [0, 0.05) is 23.9 Å². The first-order valence-electron chi connectivity index (χ1n) is 7.04. The van der Waals surface area contributed by atoms with Crippen LogP contribution in [0.5, 0.6) is 0 Å². The van der Waals surface area contributed by atoms with Crippen LogP contribution in [0.3, 0.4) is 0 Å². The first kappa shape index (κ1) is 15.2. The number of carbonyl (C=O) groups is 1. The summed E-state index contributed by atoms with van der Waals surface area (Å²) in [5.41, 5.74) is 1.73. The van der Waals surface area contributed by atoms with E-state index in [4.69, 9.17) is 4.52 Å². The molecule has 0 bridgehead atoms. The van der Waals surface area contributed by atoms with E-state index in [1.165, 1.54) is 5.56 Å². The fourth-order valence-electron chi connectivity index (χ4n) is 1.72. The third-order valence-electron chi connectivity index (χ3n) is 3.08. The van der Waals surface area contributed by atoms with Crippen LogP contribution in [0.25, 0.3) is 11.4 Å². The predicted octanol–water partition coefficient (Wildman–Crippen LogP) is 2.75. The monoisotopic (exact) mass is 287 g/mol. The Bertz CT molecular complexity index is 609. The van der Waals surface area contributed by atoms with Crippen LogP contribution >= 0.6 is 0 Å². The van der Waals surface area contributed by atoms with Crippen LogP contribution in [-0.4, -0.2) is 22.6 Å². The SMILES string of the molecule is Cc1ccc(-c2noc(CCNC(=O)C(C)(C)C)n2)cc1. The highest BCUT2D eigenvalue weighted by Crippen LogP contribution is 2.16. The van der Waals surface area contributed by atoms with E-state index in [9.17, 15) is 4.79 Å². The normalized spacial score (nSPS) is 11.4. The van der Waals surface area contributed by atoms with E-state index in [0.717, 1.165) is 5.56 Å². The molecule has 2 rings (SSSR count). The Morgan fingerprint density at radius 1 is 1.24 bits per heavy atom. The Morgan fingerprint density at radius 2 is 1.90 bits per heavy atom. The highest BCUT2D eigenvalue weighted by atomic mass is 16.5. The number of nitrogens with zero attached hydrogens (tertiary/aromatic N) is 2. The first-order valence-corrected chi connectivity index (χ1v) is 7.04. The van der Waals surface area contributed by atoms with Crippen LogP contribution in [0.15, 0.2) is 28.8 Å². The lowest BCUT2D eigenvalue weighted by Crippen LogP contribution is -2.35. The Kier molecular flexibility index (Phi) is 4.40. The van der Waals surface area contributed by atoms with Crippen LogP contribution in [0.4, 0.5) is 0 Å². The number of hydrogen-bond acceptors (Lipinski definition) is 4. The molecular formula is C16H21N3O2. The second-order valence-electron chi connectivity index (χ2n) is 6.13. The fraction of sp³-hybridized carbons (Fsp3) is 0.438. The van der Waals surface area contributed by atoms with E-state index in [1.807, 2.05) is 52.0 Å². The number of nitrogens with one attached hydrogen (secondary N) is 1. The van der Waals surface area contributed by atoms with Crippen molar-refractivity contribution >= 4 is 5.91 Å². The number of rotatable bonds is 4. The summed E-state index contributed by atoms with van der Waals surface area (Å²) in [4.78, 5) is 16.1. The maximum absolute atomic E-state index is 11.7. The molecule has 0 fully saturated rings. The van der Waals surface area contributed by atoms with Gasteiger partial charge >= 0.3 is 0 Å². The van der Waals surface area contributed by atoms with Crippen LogP contribution in [0.2, 0.25) is 0 Å². The van der Waals surface area contributed by atoms with E-state index in [-0.39, 0.29) is 11.3 Å². The molecule has 1 heterocycles. The molecule has 0 saturated heterocycles. The molecule has 0 aliphatic rings. The molecule has 2 aromatic rings. The number of aromatic nitrogens is 2. The van der Waals surface area contributed by atoms with Gasteiger partial charge in [-0.25, -0.2) is 0 Å². The molecule has 0 radical (unpaired) electrons. The fourth-order valence-corrected chi connectivity index (χ4v) is 1.72. The van der Waals surface area contributed by atoms with Crippen molar-refractivity contribution in [3.05, 3.63) is 35.7 Å². The molecule has 0 aliphatic heterocycles. The molecule has 1 aromatic heterocycles. The van der Waals surface area contributed by atoms with Gasteiger partial charge < -0.3 is 9.84 Å². The largest absolute Gasteiger partial charge is 0.355 e. The number of hydrogen-bond donors (Lipinski definition) is 1. The van der Waals surface area contributed by atoms with Crippen molar-refractivity contribution in [1.29, 1.82) is 0 Å². The van der Waals surface area contributed by atoms with Crippen LogP contribution < -0.4 is 5.32 Å². The first-order chi connectivity index (χ1) is 9.86. The zero-order chi connectivity index (χ0) is 15.5. The molecule has 0 aliphatic carbocycles. The lowest BCUT2D eigenvalue weighted by atomic mass is 9.96. The van der Waals surface area contributed by atoms with E-state index < -0.39 is 0 Å². The third kappa shape index (κ3) is 4.15. The topological polar surface area (TPSA) is 68.0 Å². The molecule has 1 N–H and O–H groups in total. The molecule has 5 heteroatoms. The van der Waals surface area contributed by atoms with Crippen LogP contribution in [-0.2, 0) is 11.2 Å². The molecular weight excluding hydrogens is 266 g/mol. The lowest BCUT2D eigenvalue weighted by molar-refractivity contribution is -0.128. The summed E-state index contributed by atoms with van der Waals surface area (Å²) in [7, 11) is 0. The van der Waals surface area contributed by atoms with Gasteiger partial charge in [-0.05, 0) is 6.92 Å². The van der Waals surface area contributed by atoms with E-state index >= 15 is 0 Å². The van der Waals surface area contributed by atoms with Crippen molar-refractivity contribution in [3.63, 3.8) is 0 Å². The van der Waals surface area contributed by atoms with Gasteiger partial charge in [-0.1, -0.05) is 55.8 Å². The summed E-state index contributed by atoms with van der Waals surface area (Å²) >= 11 is 0. The van der Waals surface area contributed by atoms with Gasteiger partial charge in [-0.2, -0.15) is 4.98 Å². The standard InChI is InChI=1S/C16H21N3O2/c1-11-5-7-12(8-6-11)14-18-13(21-19-14)9-10-17-15(20)16(2,3)4/h5-8H,9-10H2,1-4H3,(H,17,20). The molecule has 0 unspecified atom stereocenters. The number of amides is 1. The second kappa shape index (κ2) is 6.08. The third-order valence-corrected chi connectivity index (χ3v) is 3.08. The Morgan fingerprint density at radius 3 is 2.52 bits per heavy atom. The minimum Gasteiger partial charge on any atom is -0.355 e. The number of aryl methyl sites for hydroxylation is 1. The second-order valence-corrected chi connectivity index (χ2v) is 6.13. The Labute approximate surface area is 124 Å². The highest BCUT2D eigenvalue weighted by molar-refractivity contribution is 5.81. The maximum atomic E-state index is 11.7. The van der Waals surface area contributed by atoms with Gasteiger partial charge in [-0.3, -0.25) is 4.79 Å². The van der Waals surface area contributed by atoms with Gasteiger partial charge in [-0.15, -0.1) is 0 Å². The minimum absolute atomic E-state index is 0.0146. The molecule has 0 saturated carbocycles. The van der Waals surface area contributed by atoms with Crippen molar-refractivity contribution in [1.82, 2.24) is 15.5 Å². The quantitative estimate of drug-likeness (QED) is 0.939. The average molecular weight is 287 g/mol. The smallest absolute Gasteiger partial charge is 0.228 e. The molecule has 21 heavy (non-hydrogen) atoms. The molecule has 5 nitrogen and oxygen atoms in total. The summed E-state index contributed by atoms with van der Waals surface area (Å²) in [6.07, 6.45) is 0.528. The zero-order valence-corrected chi connectivity index (χ0v) is 12.9. The predicted molar refractivity (Wildman–Crippen MR) is 80.6 cm³/mol. The maximum Gasteiger partial charge on any atom is 0.228 e. The van der Waals surface area contributed by atoms with Crippen LogP contribution in [0.1, 0.15) is 32.2 Å². The van der Waals surface area contributed by atoms with E-state index in [2.05, 4.69) is 15.5 Å². The summed E-state index contributed by atoms with van der Waals surface area (Å²) in [5.74, 6) is 1.12. The van der Waals surface area contributed by atoms with E-state index in [1.54, 1.807) is 0 Å². The van der Waals surface area contributed by atoms with Crippen molar-refractivity contribution in [2.24, 2.45) is 5.41 Å². The molecule has 1 aromatic carbocycles. The Hall–Kier alpha value is -2.17. The van der Waals surface area contributed by atoms with Crippen molar-refractivity contribution in [3.8, 4) is 11.4 Å². The van der Waals surface area contributed by atoms with Crippen molar-refractivity contribution in [2.45, 2.75) is 34.1 Å². The molecule has 112 valence electrons. The molecule has 1 amide bonds. The average Bonchev–Trinajstić information content (AvgIpc) is 2.87. The van der Waals surface area contributed by atoms with Crippen molar-refractivity contribution < 1.29 is 9.32 Å². The summed E-state index contributed by atoms with van der Waals surface area (Å²) in [5, 5.41) is 6.82. The van der Waals surface area contributed by atoms with Gasteiger partial charge in [0.15, 0.2) is 0 Å².